The van der Waals surface area contributed by atoms with Crippen LogP contribution >= 0.6 is 0 Å². The lowest BCUT2D eigenvalue weighted by Crippen LogP contribution is -2.62. The standard InChI is InChI=1S/C17H25N3O/c1-3-14-9-18-11(2)19-15(14)20-16-5-12-4-13(6-16)8-17(21,7-12)10-16/h9,12-13,21H,3-8,10H2,1-2H3,(H,18,19,20). The van der Waals surface area contributed by atoms with Gasteiger partial charge in [0.1, 0.15) is 11.6 Å². The summed E-state index contributed by atoms with van der Waals surface area (Å²) in [7, 11) is 0. The van der Waals surface area contributed by atoms with Crippen molar-refractivity contribution in [1.82, 2.24) is 9.97 Å². The summed E-state index contributed by atoms with van der Waals surface area (Å²) in [5.41, 5.74) is 0.818. The van der Waals surface area contributed by atoms with Crippen molar-refractivity contribution in [3.63, 3.8) is 0 Å². The van der Waals surface area contributed by atoms with Crippen LogP contribution in [0, 0.1) is 18.8 Å². The largest absolute Gasteiger partial charge is 0.390 e. The predicted octanol–water partition coefficient (Wildman–Crippen LogP) is 2.84. The Bertz CT molecular complexity index is 557. The van der Waals surface area contributed by atoms with Crippen LogP contribution in [0.5, 0.6) is 0 Å². The van der Waals surface area contributed by atoms with E-state index in [0.717, 1.165) is 37.3 Å². The molecule has 114 valence electrons. The molecule has 0 spiro atoms. The second-order valence-electron chi connectivity index (χ2n) is 7.74. The third-order valence-corrected chi connectivity index (χ3v) is 5.78. The summed E-state index contributed by atoms with van der Waals surface area (Å²) in [5.74, 6) is 3.20. The van der Waals surface area contributed by atoms with Crippen molar-refractivity contribution in [2.45, 2.75) is 69.9 Å². The van der Waals surface area contributed by atoms with Crippen molar-refractivity contribution >= 4 is 5.82 Å². The molecule has 1 heterocycles. The first-order chi connectivity index (χ1) is 9.99. The van der Waals surface area contributed by atoms with Crippen molar-refractivity contribution in [3.05, 3.63) is 17.6 Å². The first kappa shape index (κ1) is 13.5. The van der Waals surface area contributed by atoms with Gasteiger partial charge in [-0.05, 0) is 63.7 Å². The first-order valence-corrected chi connectivity index (χ1v) is 8.32. The van der Waals surface area contributed by atoms with E-state index < -0.39 is 5.60 Å². The average Bonchev–Trinajstić information content (AvgIpc) is 2.35. The summed E-state index contributed by atoms with van der Waals surface area (Å²) < 4.78 is 0. The molecule has 0 radical (unpaired) electrons. The summed E-state index contributed by atoms with van der Waals surface area (Å²) in [6.07, 6.45) is 9.49. The minimum Gasteiger partial charge on any atom is -0.390 e. The van der Waals surface area contributed by atoms with Crippen LogP contribution in [0.1, 0.15) is 56.8 Å². The predicted molar refractivity (Wildman–Crippen MR) is 82.1 cm³/mol. The van der Waals surface area contributed by atoms with Gasteiger partial charge in [0.25, 0.3) is 0 Å². The highest BCUT2D eigenvalue weighted by atomic mass is 16.3. The van der Waals surface area contributed by atoms with Gasteiger partial charge in [0.2, 0.25) is 0 Å². The minimum atomic E-state index is -0.425. The highest BCUT2D eigenvalue weighted by Gasteiger charge is 2.57. The van der Waals surface area contributed by atoms with Gasteiger partial charge in [-0.3, -0.25) is 0 Å². The van der Waals surface area contributed by atoms with Crippen molar-refractivity contribution < 1.29 is 5.11 Å². The molecule has 21 heavy (non-hydrogen) atoms. The fourth-order valence-electron chi connectivity index (χ4n) is 5.47. The summed E-state index contributed by atoms with van der Waals surface area (Å²) in [6, 6.07) is 0. The number of nitrogens with zero attached hydrogens (tertiary/aromatic N) is 2. The van der Waals surface area contributed by atoms with E-state index in [1.807, 2.05) is 13.1 Å². The van der Waals surface area contributed by atoms with Crippen molar-refractivity contribution in [1.29, 1.82) is 0 Å². The van der Waals surface area contributed by atoms with Gasteiger partial charge in [0.15, 0.2) is 0 Å². The summed E-state index contributed by atoms with van der Waals surface area (Å²) >= 11 is 0. The van der Waals surface area contributed by atoms with Gasteiger partial charge < -0.3 is 10.4 Å². The lowest BCUT2D eigenvalue weighted by atomic mass is 9.51. The number of rotatable bonds is 3. The molecule has 4 heteroatoms. The van der Waals surface area contributed by atoms with E-state index in [-0.39, 0.29) is 5.54 Å². The molecule has 4 aliphatic carbocycles. The molecule has 0 saturated heterocycles. The van der Waals surface area contributed by atoms with E-state index in [1.54, 1.807) is 0 Å². The number of anilines is 1. The SMILES string of the molecule is CCc1cnc(C)nc1NC12CC3CC(CC(O)(C3)C1)C2. The molecule has 4 bridgehead atoms. The summed E-state index contributed by atoms with van der Waals surface area (Å²) in [5, 5.41) is 14.6. The van der Waals surface area contributed by atoms with E-state index in [0.29, 0.717) is 11.8 Å². The molecule has 5 rings (SSSR count). The van der Waals surface area contributed by atoms with Crippen LogP contribution in [0.4, 0.5) is 5.82 Å². The lowest BCUT2D eigenvalue weighted by Gasteiger charge is -2.60. The van der Waals surface area contributed by atoms with E-state index in [9.17, 15) is 5.11 Å². The number of nitrogens with one attached hydrogen (secondary N) is 1. The highest BCUT2D eigenvalue weighted by molar-refractivity contribution is 5.46. The zero-order valence-corrected chi connectivity index (χ0v) is 13.0. The molecule has 0 aliphatic heterocycles. The molecule has 0 amide bonds. The maximum atomic E-state index is 10.9. The topological polar surface area (TPSA) is 58.0 Å². The number of aromatic nitrogens is 2. The Labute approximate surface area is 126 Å². The quantitative estimate of drug-likeness (QED) is 0.897. The molecule has 2 atom stereocenters. The molecule has 1 aromatic rings. The zero-order valence-electron chi connectivity index (χ0n) is 13.0. The van der Waals surface area contributed by atoms with Crippen LogP contribution in [0.3, 0.4) is 0 Å². The van der Waals surface area contributed by atoms with E-state index >= 15 is 0 Å². The van der Waals surface area contributed by atoms with Crippen molar-refractivity contribution in [3.8, 4) is 0 Å². The summed E-state index contributed by atoms with van der Waals surface area (Å²) in [6.45, 7) is 4.09. The third kappa shape index (κ3) is 2.24. The molecule has 4 fully saturated rings. The van der Waals surface area contributed by atoms with E-state index in [4.69, 9.17) is 0 Å². The van der Waals surface area contributed by atoms with Gasteiger partial charge in [-0.25, -0.2) is 9.97 Å². The number of aryl methyl sites for hydroxylation is 2. The van der Waals surface area contributed by atoms with Crippen LogP contribution in [0.25, 0.3) is 0 Å². The Hall–Kier alpha value is -1.16. The number of hydrogen-bond acceptors (Lipinski definition) is 4. The average molecular weight is 287 g/mol. The smallest absolute Gasteiger partial charge is 0.133 e. The van der Waals surface area contributed by atoms with Gasteiger partial charge in [-0.15, -0.1) is 0 Å². The maximum absolute atomic E-state index is 10.9. The fourth-order valence-corrected chi connectivity index (χ4v) is 5.47. The Morgan fingerprint density at radius 2 is 2.00 bits per heavy atom. The normalized spacial score (nSPS) is 40.5. The molecule has 4 aliphatic rings. The second kappa shape index (κ2) is 4.42. The monoisotopic (exact) mass is 287 g/mol. The van der Waals surface area contributed by atoms with Gasteiger partial charge in [0.05, 0.1) is 5.60 Å². The lowest BCUT2D eigenvalue weighted by molar-refractivity contribution is -0.127. The first-order valence-electron chi connectivity index (χ1n) is 8.32. The molecule has 4 nitrogen and oxygen atoms in total. The van der Waals surface area contributed by atoms with Gasteiger partial charge in [-0.2, -0.15) is 0 Å². The van der Waals surface area contributed by atoms with Gasteiger partial charge in [-0.1, -0.05) is 6.92 Å². The van der Waals surface area contributed by atoms with E-state index in [2.05, 4.69) is 22.2 Å². The second-order valence-corrected chi connectivity index (χ2v) is 7.74. The molecule has 2 unspecified atom stereocenters. The maximum Gasteiger partial charge on any atom is 0.133 e. The van der Waals surface area contributed by atoms with Crippen molar-refractivity contribution in [2.75, 3.05) is 5.32 Å². The van der Waals surface area contributed by atoms with E-state index in [1.165, 1.54) is 24.8 Å². The third-order valence-electron chi connectivity index (χ3n) is 5.78. The number of aliphatic hydroxyl groups is 1. The van der Waals surface area contributed by atoms with Crippen molar-refractivity contribution in [2.24, 2.45) is 11.8 Å². The zero-order chi connectivity index (χ0) is 14.7. The molecular formula is C17H25N3O. The Morgan fingerprint density at radius 3 is 2.62 bits per heavy atom. The molecule has 0 aromatic carbocycles. The Balaban J connectivity index is 1.66. The molecule has 2 N–H and O–H groups in total. The van der Waals surface area contributed by atoms with Crippen LogP contribution in [0.2, 0.25) is 0 Å². The van der Waals surface area contributed by atoms with Crippen LogP contribution in [-0.2, 0) is 6.42 Å². The Morgan fingerprint density at radius 1 is 1.29 bits per heavy atom. The Kier molecular flexibility index (Phi) is 2.84. The highest BCUT2D eigenvalue weighted by Crippen LogP contribution is 2.58. The fraction of sp³-hybridized carbons (Fsp3) is 0.765. The molecular weight excluding hydrogens is 262 g/mol. The molecule has 4 saturated carbocycles. The summed E-state index contributed by atoms with van der Waals surface area (Å²) in [4.78, 5) is 8.96. The minimum absolute atomic E-state index is 0.0591. The van der Waals surface area contributed by atoms with Crippen LogP contribution in [0.15, 0.2) is 6.20 Å². The van der Waals surface area contributed by atoms with Gasteiger partial charge >= 0.3 is 0 Å². The molecule has 1 aromatic heterocycles. The van der Waals surface area contributed by atoms with Crippen LogP contribution in [-0.4, -0.2) is 26.2 Å². The number of hydrogen-bond donors (Lipinski definition) is 2. The van der Waals surface area contributed by atoms with Crippen LogP contribution < -0.4 is 5.32 Å². The van der Waals surface area contributed by atoms with Gasteiger partial charge in [0, 0.05) is 17.3 Å².